The molecule has 0 radical (unpaired) electrons. The number of alkyl halides is 2. The first-order valence-corrected chi connectivity index (χ1v) is 8.90. The molecule has 1 aromatic heterocycles. The summed E-state index contributed by atoms with van der Waals surface area (Å²) in [5, 5.41) is 0.702. The largest absolute Gasteiger partial charge is 0.586 e. The Kier molecular flexibility index (Phi) is 4.69. The Balaban J connectivity index is 1.57. The van der Waals surface area contributed by atoms with Crippen molar-refractivity contribution in [3.63, 3.8) is 0 Å². The van der Waals surface area contributed by atoms with Crippen LogP contribution < -0.4 is 9.47 Å². The Hall–Kier alpha value is -2.70. The first-order valence-electron chi connectivity index (χ1n) is 8.15. The highest BCUT2D eigenvalue weighted by Gasteiger charge is 2.43. The lowest BCUT2D eigenvalue weighted by Crippen LogP contribution is -2.25. The summed E-state index contributed by atoms with van der Waals surface area (Å²) in [4.78, 5) is 16.6. The molecule has 0 aliphatic carbocycles. The highest BCUT2D eigenvalue weighted by atomic mass is 35.5. The van der Waals surface area contributed by atoms with E-state index in [0.29, 0.717) is 21.7 Å². The van der Waals surface area contributed by atoms with Gasteiger partial charge in [0.15, 0.2) is 17.3 Å². The molecule has 3 aromatic rings. The molecular weight excluding hydrogens is 411 g/mol. The van der Waals surface area contributed by atoms with E-state index in [1.54, 1.807) is 36.4 Å². The van der Waals surface area contributed by atoms with Crippen LogP contribution in [0.2, 0.25) is 10.0 Å². The maximum Gasteiger partial charge on any atom is 0.586 e. The Morgan fingerprint density at radius 3 is 2.39 bits per heavy atom. The summed E-state index contributed by atoms with van der Waals surface area (Å²) in [5.74, 6) is -0.461. The maximum absolute atomic E-state index is 13.2. The first kappa shape index (κ1) is 18.7. The molecule has 28 heavy (non-hydrogen) atoms. The molecule has 0 unspecified atom stereocenters. The number of halogens is 4. The summed E-state index contributed by atoms with van der Waals surface area (Å²) in [7, 11) is 0. The maximum atomic E-state index is 13.2. The van der Waals surface area contributed by atoms with E-state index in [1.165, 1.54) is 18.3 Å². The number of carbonyl (C=O) groups excluding carboxylic acids is 1. The lowest BCUT2D eigenvalue weighted by molar-refractivity contribution is -0.286. The third-order valence-electron chi connectivity index (χ3n) is 4.16. The average Bonchev–Trinajstić information content (AvgIpc) is 2.96. The lowest BCUT2D eigenvalue weighted by Gasteiger charge is -2.07. The van der Waals surface area contributed by atoms with Crippen LogP contribution in [0.25, 0.3) is 11.1 Å². The van der Waals surface area contributed by atoms with Crippen molar-refractivity contribution >= 4 is 29.0 Å². The van der Waals surface area contributed by atoms with Gasteiger partial charge in [-0.25, -0.2) is 0 Å². The lowest BCUT2D eigenvalue weighted by atomic mass is 10.0. The van der Waals surface area contributed by atoms with E-state index >= 15 is 0 Å². The molecule has 0 saturated heterocycles. The molecular formula is C20H11Cl2F2NO3. The van der Waals surface area contributed by atoms with E-state index in [-0.39, 0.29) is 34.4 Å². The Bertz CT molecular complexity index is 1070. The van der Waals surface area contributed by atoms with E-state index in [0.717, 1.165) is 0 Å². The predicted molar refractivity (Wildman–Crippen MR) is 100 cm³/mol. The minimum absolute atomic E-state index is 0.117. The van der Waals surface area contributed by atoms with Crippen LogP contribution in [0, 0.1) is 0 Å². The molecule has 0 saturated carbocycles. The van der Waals surface area contributed by atoms with E-state index in [9.17, 15) is 13.6 Å². The number of ether oxygens (including phenoxy) is 2. The highest BCUT2D eigenvalue weighted by Crippen LogP contribution is 2.45. The molecule has 0 atom stereocenters. The van der Waals surface area contributed by atoms with E-state index in [4.69, 9.17) is 23.2 Å². The van der Waals surface area contributed by atoms with Gasteiger partial charge in [-0.2, -0.15) is 0 Å². The fraction of sp³-hybridized carbons (Fsp3) is 0.100. The minimum Gasteiger partial charge on any atom is -0.395 e. The van der Waals surface area contributed by atoms with Crippen molar-refractivity contribution in [1.82, 2.24) is 4.98 Å². The van der Waals surface area contributed by atoms with Crippen molar-refractivity contribution in [3.05, 3.63) is 76.0 Å². The summed E-state index contributed by atoms with van der Waals surface area (Å²) in [6.45, 7) is 0. The number of Topliss-reactive ketones (excluding diaryl/α,β-unsaturated/α-hetero) is 1. The Morgan fingerprint density at radius 1 is 1.00 bits per heavy atom. The van der Waals surface area contributed by atoms with Gasteiger partial charge in [-0.3, -0.25) is 9.78 Å². The van der Waals surface area contributed by atoms with E-state index < -0.39 is 6.29 Å². The standard InChI is InChI=1S/C20H11Cl2F2NO3/c21-14-4-2-1-3-11(14)7-17(26)16-6-5-12(10-25-16)13-8-18-19(9-15(13)22)28-20(23,24)27-18/h1-6,8-10H,7H2. The normalized spacial score (nSPS) is 14.1. The van der Waals surface area contributed by atoms with Crippen molar-refractivity contribution in [3.8, 4) is 22.6 Å². The van der Waals surface area contributed by atoms with Crippen LogP contribution in [0.15, 0.2) is 54.7 Å². The number of ketones is 1. The van der Waals surface area contributed by atoms with Crippen molar-refractivity contribution in [2.24, 2.45) is 0 Å². The summed E-state index contributed by atoms with van der Waals surface area (Å²) < 4.78 is 35.2. The van der Waals surface area contributed by atoms with Gasteiger partial charge in [0.2, 0.25) is 0 Å². The van der Waals surface area contributed by atoms with Gasteiger partial charge in [0.05, 0.1) is 5.02 Å². The van der Waals surface area contributed by atoms with E-state index in [1.807, 2.05) is 0 Å². The molecule has 2 heterocycles. The molecule has 8 heteroatoms. The molecule has 0 N–H and O–H groups in total. The topological polar surface area (TPSA) is 48.4 Å². The Morgan fingerprint density at radius 2 is 1.71 bits per heavy atom. The number of nitrogens with zero attached hydrogens (tertiary/aromatic N) is 1. The zero-order valence-corrected chi connectivity index (χ0v) is 15.6. The van der Waals surface area contributed by atoms with Crippen molar-refractivity contribution in [2.75, 3.05) is 0 Å². The van der Waals surface area contributed by atoms with Gasteiger partial charge >= 0.3 is 6.29 Å². The highest BCUT2D eigenvalue weighted by molar-refractivity contribution is 6.33. The molecule has 142 valence electrons. The number of hydrogen-bond acceptors (Lipinski definition) is 4. The van der Waals surface area contributed by atoms with Crippen LogP contribution in [0.1, 0.15) is 16.1 Å². The number of pyridine rings is 1. The van der Waals surface area contributed by atoms with Crippen LogP contribution in [0.5, 0.6) is 11.5 Å². The monoisotopic (exact) mass is 421 g/mol. The van der Waals surface area contributed by atoms with Crippen LogP contribution >= 0.6 is 23.2 Å². The van der Waals surface area contributed by atoms with Crippen LogP contribution in [0.4, 0.5) is 8.78 Å². The molecule has 4 rings (SSSR count). The molecule has 0 fully saturated rings. The quantitative estimate of drug-likeness (QED) is 0.499. The van der Waals surface area contributed by atoms with Crippen LogP contribution in [-0.2, 0) is 6.42 Å². The van der Waals surface area contributed by atoms with Crippen LogP contribution in [-0.4, -0.2) is 17.1 Å². The van der Waals surface area contributed by atoms with Gasteiger partial charge in [-0.15, -0.1) is 8.78 Å². The third-order valence-corrected chi connectivity index (χ3v) is 4.84. The number of fused-ring (bicyclic) bond motifs is 1. The van der Waals surface area contributed by atoms with Crippen molar-refractivity contribution in [2.45, 2.75) is 12.7 Å². The third kappa shape index (κ3) is 3.66. The molecule has 0 bridgehead atoms. The molecule has 1 aliphatic heterocycles. The second kappa shape index (κ2) is 7.04. The number of benzene rings is 2. The summed E-state index contributed by atoms with van der Waals surface area (Å²) >= 11 is 12.3. The predicted octanol–water partition coefficient (Wildman–Crippen LogP) is 5.80. The molecule has 0 spiro atoms. The molecule has 1 aliphatic rings. The summed E-state index contributed by atoms with van der Waals surface area (Å²) in [5.41, 5.74) is 1.94. The molecule has 0 amide bonds. The van der Waals surface area contributed by atoms with Crippen LogP contribution in [0.3, 0.4) is 0 Å². The molecule has 2 aromatic carbocycles. The van der Waals surface area contributed by atoms with Gasteiger partial charge in [-0.05, 0) is 23.8 Å². The van der Waals surface area contributed by atoms with Gasteiger partial charge in [0.1, 0.15) is 5.69 Å². The summed E-state index contributed by atoms with van der Waals surface area (Å²) in [6.07, 6.45) is -2.16. The van der Waals surface area contributed by atoms with E-state index in [2.05, 4.69) is 14.5 Å². The van der Waals surface area contributed by atoms with Gasteiger partial charge in [-0.1, -0.05) is 47.5 Å². The SMILES string of the molecule is O=C(Cc1ccccc1Cl)c1ccc(-c2cc3c(cc2Cl)OC(F)(F)O3)cn1. The zero-order chi connectivity index (χ0) is 19.9. The second-order valence-corrected chi connectivity index (χ2v) is 6.88. The second-order valence-electron chi connectivity index (χ2n) is 6.07. The minimum atomic E-state index is -3.72. The van der Waals surface area contributed by atoms with Crippen molar-refractivity contribution in [1.29, 1.82) is 0 Å². The average molecular weight is 422 g/mol. The first-order chi connectivity index (χ1) is 13.3. The number of rotatable bonds is 4. The number of aromatic nitrogens is 1. The van der Waals surface area contributed by atoms with Gasteiger partial charge in [0.25, 0.3) is 0 Å². The van der Waals surface area contributed by atoms with Gasteiger partial charge in [0, 0.05) is 34.8 Å². The Labute approximate surface area is 168 Å². The fourth-order valence-electron chi connectivity index (χ4n) is 2.82. The fourth-order valence-corrected chi connectivity index (χ4v) is 3.28. The number of carbonyl (C=O) groups is 1. The van der Waals surface area contributed by atoms with Crippen molar-refractivity contribution < 1.29 is 23.0 Å². The summed E-state index contributed by atoms with van der Waals surface area (Å²) in [6, 6.07) is 12.9. The smallest absolute Gasteiger partial charge is 0.395 e. The molecule has 4 nitrogen and oxygen atoms in total. The zero-order valence-electron chi connectivity index (χ0n) is 14.1. The number of hydrogen-bond donors (Lipinski definition) is 0. The van der Waals surface area contributed by atoms with Gasteiger partial charge < -0.3 is 9.47 Å².